The van der Waals surface area contributed by atoms with Gasteiger partial charge in [0.1, 0.15) is 5.15 Å². The van der Waals surface area contributed by atoms with Gasteiger partial charge in [-0.2, -0.15) is 5.10 Å². The predicted octanol–water partition coefficient (Wildman–Crippen LogP) is 3.27. The van der Waals surface area contributed by atoms with Crippen molar-refractivity contribution in [1.82, 2.24) is 9.78 Å². The van der Waals surface area contributed by atoms with Gasteiger partial charge in [-0.05, 0) is 26.7 Å². The zero-order valence-electron chi connectivity index (χ0n) is 8.18. The molecule has 72 valence electrons. The minimum atomic E-state index is 0.555. The van der Waals surface area contributed by atoms with Crippen molar-refractivity contribution in [2.24, 2.45) is 0 Å². The Bertz CT molecular complexity index is 311. The molecule has 1 saturated carbocycles. The zero-order valence-corrected chi connectivity index (χ0v) is 8.93. The maximum Gasteiger partial charge on any atom is 0.130 e. The minimum Gasteiger partial charge on any atom is -0.250 e. The highest BCUT2D eigenvalue weighted by atomic mass is 35.5. The molecule has 1 aliphatic carbocycles. The molecule has 3 heteroatoms. The lowest BCUT2D eigenvalue weighted by Gasteiger charge is -2.10. The third-order valence-corrected chi connectivity index (χ3v) is 3.44. The zero-order chi connectivity index (χ0) is 9.42. The minimum absolute atomic E-state index is 0.555. The van der Waals surface area contributed by atoms with Crippen LogP contribution in [0, 0.1) is 13.8 Å². The summed E-state index contributed by atoms with van der Waals surface area (Å²) in [4.78, 5) is 0. The quantitative estimate of drug-likeness (QED) is 0.677. The smallest absolute Gasteiger partial charge is 0.130 e. The van der Waals surface area contributed by atoms with E-state index in [-0.39, 0.29) is 0 Å². The molecule has 1 fully saturated rings. The van der Waals surface area contributed by atoms with Crippen LogP contribution in [0.3, 0.4) is 0 Å². The Morgan fingerprint density at radius 3 is 2.38 bits per heavy atom. The molecular weight excluding hydrogens is 184 g/mol. The molecule has 1 aromatic heterocycles. The van der Waals surface area contributed by atoms with E-state index in [1.165, 1.54) is 25.7 Å². The Balaban J connectivity index is 2.34. The van der Waals surface area contributed by atoms with Gasteiger partial charge < -0.3 is 0 Å². The number of halogens is 1. The number of hydrogen-bond donors (Lipinski definition) is 0. The van der Waals surface area contributed by atoms with Gasteiger partial charge in [-0.15, -0.1) is 0 Å². The van der Waals surface area contributed by atoms with Crippen molar-refractivity contribution >= 4 is 11.6 Å². The monoisotopic (exact) mass is 198 g/mol. The summed E-state index contributed by atoms with van der Waals surface area (Å²) in [5.41, 5.74) is 2.20. The molecule has 0 spiro atoms. The molecule has 0 N–H and O–H groups in total. The molecule has 0 unspecified atom stereocenters. The van der Waals surface area contributed by atoms with Gasteiger partial charge in [0.25, 0.3) is 0 Å². The number of aryl methyl sites for hydroxylation is 1. The summed E-state index contributed by atoms with van der Waals surface area (Å²) < 4.78 is 2.01. The maximum atomic E-state index is 6.19. The average molecular weight is 199 g/mol. The average Bonchev–Trinajstić information content (AvgIpc) is 2.70. The standard InChI is InChI=1S/C10H15ClN2/c1-7-8(2)12-13(10(7)11)9-5-3-4-6-9/h9H,3-6H2,1-2H3. The van der Waals surface area contributed by atoms with Gasteiger partial charge in [-0.1, -0.05) is 24.4 Å². The van der Waals surface area contributed by atoms with E-state index in [0.717, 1.165) is 16.4 Å². The van der Waals surface area contributed by atoms with E-state index in [9.17, 15) is 0 Å². The van der Waals surface area contributed by atoms with Crippen molar-refractivity contribution in [1.29, 1.82) is 0 Å². The maximum absolute atomic E-state index is 6.19. The summed E-state index contributed by atoms with van der Waals surface area (Å²) in [6.07, 6.45) is 5.11. The predicted molar refractivity (Wildman–Crippen MR) is 54.2 cm³/mol. The van der Waals surface area contributed by atoms with Gasteiger partial charge in [0.05, 0.1) is 11.7 Å². The van der Waals surface area contributed by atoms with E-state index in [4.69, 9.17) is 11.6 Å². The number of nitrogens with zero attached hydrogens (tertiary/aromatic N) is 2. The number of rotatable bonds is 1. The molecule has 0 saturated heterocycles. The van der Waals surface area contributed by atoms with E-state index in [0.29, 0.717) is 6.04 Å². The van der Waals surface area contributed by atoms with Crippen molar-refractivity contribution in [3.8, 4) is 0 Å². The lowest BCUT2D eigenvalue weighted by molar-refractivity contribution is 0.465. The summed E-state index contributed by atoms with van der Waals surface area (Å²) in [6.45, 7) is 4.06. The molecule has 2 rings (SSSR count). The molecule has 1 heterocycles. The van der Waals surface area contributed by atoms with Gasteiger partial charge in [-0.3, -0.25) is 4.68 Å². The van der Waals surface area contributed by atoms with E-state index in [1.54, 1.807) is 0 Å². The molecular formula is C10H15ClN2. The second kappa shape index (κ2) is 3.33. The molecule has 0 atom stereocenters. The van der Waals surface area contributed by atoms with E-state index >= 15 is 0 Å². The third kappa shape index (κ3) is 1.48. The van der Waals surface area contributed by atoms with Gasteiger partial charge >= 0.3 is 0 Å². The van der Waals surface area contributed by atoms with E-state index < -0.39 is 0 Å². The van der Waals surface area contributed by atoms with Crippen molar-refractivity contribution < 1.29 is 0 Å². The summed E-state index contributed by atoms with van der Waals surface area (Å²) in [6, 6.07) is 0.555. The molecule has 0 aromatic carbocycles. The highest BCUT2D eigenvalue weighted by Gasteiger charge is 2.21. The Hall–Kier alpha value is -0.500. The van der Waals surface area contributed by atoms with E-state index in [1.807, 2.05) is 18.5 Å². The third-order valence-electron chi connectivity index (χ3n) is 2.98. The Labute approximate surface area is 83.9 Å². The van der Waals surface area contributed by atoms with Crippen LogP contribution in [0.4, 0.5) is 0 Å². The van der Waals surface area contributed by atoms with Crippen LogP contribution in [-0.4, -0.2) is 9.78 Å². The van der Waals surface area contributed by atoms with Gasteiger partial charge in [-0.25, -0.2) is 0 Å². The van der Waals surface area contributed by atoms with Crippen LogP contribution in [0.25, 0.3) is 0 Å². The highest BCUT2D eigenvalue weighted by Crippen LogP contribution is 2.33. The molecule has 2 nitrogen and oxygen atoms in total. The van der Waals surface area contributed by atoms with Crippen molar-refractivity contribution in [3.05, 3.63) is 16.4 Å². The normalized spacial score (nSPS) is 18.4. The van der Waals surface area contributed by atoms with E-state index in [2.05, 4.69) is 5.10 Å². The molecule has 0 aliphatic heterocycles. The highest BCUT2D eigenvalue weighted by molar-refractivity contribution is 6.30. The first-order valence-electron chi connectivity index (χ1n) is 4.91. The molecule has 1 aromatic rings. The van der Waals surface area contributed by atoms with Crippen molar-refractivity contribution in [2.45, 2.75) is 45.6 Å². The van der Waals surface area contributed by atoms with Crippen LogP contribution >= 0.6 is 11.6 Å². The Morgan fingerprint density at radius 2 is 1.92 bits per heavy atom. The second-order valence-electron chi connectivity index (χ2n) is 3.88. The van der Waals surface area contributed by atoms with Gasteiger partial charge in [0.2, 0.25) is 0 Å². The first-order chi connectivity index (χ1) is 6.20. The van der Waals surface area contributed by atoms with Crippen LogP contribution < -0.4 is 0 Å². The summed E-state index contributed by atoms with van der Waals surface area (Å²) in [5.74, 6) is 0. The first-order valence-corrected chi connectivity index (χ1v) is 5.29. The fraction of sp³-hybridized carbons (Fsp3) is 0.700. The number of aromatic nitrogens is 2. The van der Waals surface area contributed by atoms with Crippen LogP contribution in [-0.2, 0) is 0 Å². The fourth-order valence-corrected chi connectivity index (χ4v) is 2.30. The first kappa shape index (κ1) is 9.07. The lowest BCUT2D eigenvalue weighted by Crippen LogP contribution is -2.06. The van der Waals surface area contributed by atoms with Crippen LogP contribution in [0.5, 0.6) is 0 Å². The molecule has 1 aliphatic rings. The fourth-order valence-electron chi connectivity index (χ4n) is 1.99. The molecule has 0 radical (unpaired) electrons. The second-order valence-corrected chi connectivity index (χ2v) is 4.24. The van der Waals surface area contributed by atoms with Crippen molar-refractivity contribution in [3.63, 3.8) is 0 Å². The summed E-state index contributed by atoms with van der Waals surface area (Å²) >= 11 is 6.19. The van der Waals surface area contributed by atoms with Gasteiger partial charge in [0.15, 0.2) is 0 Å². The van der Waals surface area contributed by atoms with Crippen LogP contribution in [0.2, 0.25) is 5.15 Å². The van der Waals surface area contributed by atoms with Crippen molar-refractivity contribution in [2.75, 3.05) is 0 Å². The Morgan fingerprint density at radius 1 is 1.31 bits per heavy atom. The lowest BCUT2D eigenvalue weighted by atomic mass is 10.2. The molecule has 13 heavy (non-hydrogen) atoms. The number of hydrogen-bond acceptors (Lipinski definition) is 1. The topological polar surface area (TPSA) is 17.8 Å². The molecule has 0 amide bonds. The summed E-state index contributed by atoms with van der Waals surface area (Å²) in [5, 5.41) is 5.31. The molecule has 0 bridgehead atoms. The SMILES string of the molecule is Cc1nn(C2CCCC2)c(Cl)c1C. The van der Waals surface area contributed by atoms with Crippen LogP contribution in [0.1, 0.15) is 43.0 Å². The summed E-state index contributed by atoms with van der Waals surface area (Å²) in [7, 11) is 0. The van der Waals surface area contributed by atoms with Crippen LogP contribution in [0.15, 0.2) is 0 Å². The largest absolute Gasteiger partial charge is 0.250 e. The Kier molecular flexibility index (Phi) is 2.33. The van der Waals surface area contributed by atoms with Gasteiger partial charge in [0, 0.05) is 5.56 Å².